The minimum Gasteiger partial charge on any atom is -0.493 e. The molecule has 0 aliphatic rings. The van der Waals surface area contributed by atoms with E-state index in [4.69, 9.17) is 26.4 Å². The van der Waals surface area contributed by atoms with E-state index in [1.54, 1.807) is 24.3 Å². The van der Waals surface area contributed by atoms with Gasteiger partial charge in [0.25, 0.3) is 11.8 Å². The molecule has 8 nitrogen and oxygen atoms in total. The summed E-state index contributed by atoms with van der Waals surface area (Å²) in [6.07, 6.45) is 0. The largest absolute Gasteiger partial charge is 0.493 e. The van der Waals surface area contributed by atoms with Crippen molar-refractivity contribution >= 4 is 40.5 Å². The van der Waals surface area contributed by atoms with Crippen LogP contribution in [0, 0.1) is 6.92 Å². The molecule has 0 saturated heterocycles. The van der Waals surface area contributed by atoms with Crippen LogP contribution in [0.1, 0.15) is 26.3 Å². The van der Waals surface area contributed by atoms with Gasteiger partial charge in [-0.05, 0) is 67.2 Å². The van der Waals surface area contributed by atoms with E-state index in [1.807, 2.05) is 31.2 Å². The van der Waals surface area contributed by atoms with Crippen LogP contribution in [0.25, 0.3) is 0 Å². The molecule has 3 rings (SSSR count). The van der Waals surface area contributed by atoms with Crippen molar-refractivity contribution in [3.05, 3.63) is 77.4 Å². The summed E-state index contributed by atoms with van der Waals surface area (Å²) in [5.41, 5.74) is 3.01. The highest BCUT2D eigenvalue weighted by Crippen LogP contribution is 2.38. The molecular weight excluding hydrogens is 454 g/mol. The van der Waals surface area contributed by atoms with Crippen LogP contribution >= 0.6 is 12.2 Å². The molecule has 0 saturated carbocycles. The molecule has 3 aromatic carbocycles. The van der Waals surface area contributed by atoms with Gasteiger partial charge in [0, 0.05) is 22.5 Å². The van der Waals surface area contributed by atoms with Crippen molar-refractivity contribution in [2.45, 2.75) is 6.92 Å². The molecular formula is C25H25N3O5S. The standard InChI is InChI=1S/C25H25N3O5S/c1-15-12-18(10-11-19(15)27-23(29)16-8-6-5-7-9-16)26-25(34)28-24(30)17-13-20(31-2)22(33-4)21(14-17)32-3/h5-14H,1-4H3,(H,27,29)(H2,26,28,30,34). The maximum atomic E-state index is 12.7. The number of benzene rings is 3. The van der Waals surface area contributed by atoms with Crippen LogP contribution in [0.15, 0.2) is 60.7 Å². The molecule has 176 valence electrons. The Morgan fingerprint density at radius 1 is 0.765 bits per heavy atom. The topological polar surface area (TPSA) is 97.9 Å². The van der Waals surface area contributed by atoms with Crippen molar-refractivity contribution < 1.29 is 23.8 Å². The predicted molar refractivity (Wildman–Crippen MR) is 135 cm³/mol. The first-order chi connectivity index (χ1) is 16.4. The van der Waals surface area contributed by atoms with E-state index in [-0.39, 0.29) is 16.6 Å². The molecule has 0 atom stereocenters. The van der Waals surface area contributed by atoms with E-state index in [2.05, 4.69) is 16.0 Å². The van der Waals surface area contributed by atoms with Crippen molar-refractivity contribution in [3.63, 3.8) is 0 Å². The number of hydrogen-bond donors (Lipinski definition) is 3. The molecule has 0 bridgehead atoms. The second-order valence-corrected chi connectivity index (χ2v) is 7.58. The summed E-state index contributed by atoms with van der Waals surface area (Å²) in [4.78, 5) is 25.1. The Bertz CT molecular complexity index is 1190. The number of nitrogens with one attached hydrogen (secondary N) is 3. The van der Waals surface area contributed by atoms with Crippen LogP contribution < -0.4 is 30.2 Å². The van der Waals surface area contributed by atoms with Crippen molar-refractivity contribution in [1.82, 2.24) is 5.32 Å². The van der Waals surface area contributed by atoms with E-state index < -0.39 is 5.91 Å². The van der Waals surface area contributed by atoms with E-state index in [0.717, 1.165) is 5.56 Å². The molecule has 0 heterocycles. The second kappa shape index (κ2) is 11.2. The van der Waals surface area contributed by atoms with Crippen molar-refractivity contribution in [2.24, 2.45) is 0 Å². The first-order valence-electron chi connectivity index (χ1n) is 10.3. The quantitative estimate of drug-likeness (QED) is 0.432. The number of carbonyl (C=O) groups excluding carboxylic acids is 2. The molecule has 3 N–H and O–H groups in total. The Labute approximate surface area is 203 Å². The average Bonchev–Trinajstić information content (AvgIpc) is 2.84. The number of hydrogen-bond acceptors (Lipinski definition) is 6. The Hall–Kier alpha value is -4.11. The van der Waals surface area contributed by atoms with Gasteiger partial charge in [-0.25, -0.2) is 0 Å². The summed E-state index contributed by atoms with van der Waals surface area (Å²) in [5.74, 6) is 0.458. The Morgan fingerprint density at radius 3 is 1.97 bits per heavy atom. The highest BCUT2D eigenvalue weighted by Gasteiger charge is 2.18. The fourth-order valence-electron chi connectivity index (χ4n) is 3.22. The number of methoxy groups -OCH3 is 3. The Balaban J connectivity index is 1.66. The van der Waals surface area contributed by atoms with Gasteiger partial charge < -0.3 is 24.8 Å². The monoisotopic (exact) mass is 479 g/mol. The third-order valence-corrected chi connectivity index (χ3v) is 5.13. The lowest BCUT2D eigenvalue weighted by molar-refractivity contribution is 0.0975. The molecule has 0 fully saturated rings. The Kier molecular flexibility index (Phi) is 8.05. The third kappa shape index (κ3) is 5.81. The minimum atomic E-state index is -0.444. The third-order valence-electron chi connectivity index (χ3n) is 4.92. The van der Waals surface area contributed by atoms with Gasteiger partial charge in [0.15, 0.2) is 16.6 Å². The lowest BCUT2D eigenvalue weighted by Gasteiger charge is -2.15. The van der Waals surface area contributed by atoms with Gasteiger partial charge in [0.05, 0.1) is 21.3 Å². The maximum Gasteiger partial charge on any atom is 0.257 e. The van der Waals surface area contributed by atoms with Gasteiger partial charge >= 0.3 is 0 Å². The van der Waals surface area contributed by atoms with Gasteiger partial charge in [-0.1, -0.05) is 18.2 Å². The van der Waals surface area contributed by atoms with Gasteiger partial charge in [-0.15, -0.1) is 0 Å². The molecule has 0 radical (unpaired) electrons. The van der Waals surface area contributed by atoms with Crippen molar-refractivity contribution in [2.75, 3.05) is 32.0 Å². The zero-order valence-corrected chi connectivity index (χ0v) is 20.0. The van der Waals surface area contributed by atoms with Crippen LogP contribution in [0.3, 0.4) is 0 Å². The number of aryl methyl sites for hydroxylation is 1. The molecule has 9 heteroatoms. The molecule has 0 aromatic heterocycles. The predicted octanol–water partition coefficient (Wildman–Crippen LogP) is 4.40. The average molecular weight is 480 g/mol. The zero-order valence-electron chi connectivity index (χ0n) is 19.2. The van der Waals surface area contributed by atoms with Crippen LogP contribution in [0.4, 0.5) is 11.4 Å². The SMILES string of the molecule is COc1cc(C(=O)NC(=S)Nc2ccc(NC(=O)c3ccccc3)c(C)c2)cc(OC)c1OC. The summed E-state index contributed by atoms with van der Waals surface area (Å²) in [6, 6.07) is 17.4. The van der Waals surface area contributed by atoms with Crippen LogP contribution in [0.5, 0.6) is 17.2 Å². The molecule has 3 aromatic rings. The number of rotatable bonds is 7. The molecule has 34 heavy (non-hydrogen) atoms. The molecule has 0 unspecified atom stereocenters. The lowest BCUT2D eigenvalue weighted by atomic mass is 10.1. The fraction of sp³-hybridized carbons (Fsp3) is 0.160. The maximum absolute atomic E-state index is 12.7. The number of thiocarbonyl (C=S) groups is 1. The van der Waals surface area contributed by atoms with Gasteiger partial charge in [0.2, 0.25) is 5.75 Å². The molecule has 0 aliphatic carbocycles. The second-order valence-electron chi connectivity index (χ2n) is 7.17. The summed E-state index contributed by atoms with van der Waals surface area (Å²) in [7, 11) is 4.43. The minimum absolute atomic E-state index is 0.110. The smallest absolute Gasteiger partial charge is 0.257 e. The van der Waals surface area contributed by atoms with Crippen LogP contribution in [-0.4, -0.2) is 38.3 Å². The zero-order chi connectivity index (χ0) is 24.7. The van der Waals surface area contributed by atoms with Crippen LogP contribution in [0.2, 0.25) is 0 Å². The first-order valence-corrected chi connectivity index (χ1v) is 10.7. The fourth-order valence-corrected chi connectivity index (χ4v) is 3.43. The number of ether oxygens (including phenoxy) is 3. The van der Waals surface area contributed by atoms with E-state index in [1.165, 1.54) is 33.5 Å². The van der Waals surface area contributed by atoms with Gasteiger partial charge in [0.1, 0.15) is 0 Å². The molecule has 2 amide bonds. The van der Waals surface area contributed by atoms with Crippen LogP contribution in [-0.2, 0) is 0 Å². The number of carbonyl (C=O) groups is 2. The van der Waals surface area contributed by atoms with Crippen molar-refractivity contribution in [1.29, 1.82) is 0 Å². The first kappa shape index (κ1) is 24.5. The number of amides is 2. The van der Waals surface area contributed by atoms with E-state index >= 15 is 0 Å². The summed E-state index contributed by atoms with van der Waals surface area (Å²) >= 11 is 5.29. The van der Waals surface area contributed by atoms with Crippen molar-refractivity contribution in [3.8, 4) is 17.2 Å². The van der Waals surface area contributed by atoms with E-state index in [0.29, 0.717) is 34.2 Å². The summed E-state index contributed by atoms with van der Waals surface area (Å²) < 4.78 is 15.9. The van der Waals surface area contributed by atoms with Gasteiger partial charge in [-0.3, -0.25) is 14.9 Å². The molecule has 0 spiro atoms. The lowest BCUT2D eigenvalue weighted by Crippen LogP contribution is -2.34. The summed E-state index contributed by atoms with van der Waals surface area (Å²) in [6.45, 7) is 1.86. The van der Waals surface area contributed by atoms with E-state index in [9.17, 15) is 9.59 Å². The number of anilines is 2. The summed E-state index contributed by atoms with van der Waals surface area (Å²) in [5, 5.41) is 8.61. The van der Waals surface area contributed by atoms with Gasteiger partial charge in [-0.2, -0.15) is 0 Å². The highest BCUT2D eigenvalue weighted by molar-refractivity contribution is 7.80. The molecule has 0 aliphatic heterocycles. The Morgan fingerprint density at radius 2 is 1.41 bits per heavy atom. The normalized spacial score (nSPS) is 10.1. The highest BCUT2D eigenvalue weighted by atomic mass is 32.1.